The first-order valence-corrected chi connectivity index (χ1v) is 11.1. The molecule has 9 heteroatoms. The van der Waals surface area contributed by atoms with E-state index < -0.39 is 0 Å². The second-order valence-corrected chi connectivity index (χ2v) is 7.99. The van der Waals surface area contributed by atoms with Gasteiger partial charge in [0.05, 0.1) is 25.5 Å². The van der Waals surface area contributed by atoms with Gasteiger partial charge in [-0.15, -0.1) is 0 Å². The highest BCUT2D eigenvalue weighted by molar-refractivity contribution is 5.67. The normalized spacial score (nSPS) is 17.6. The molecule has 2 aliphatic rings. The van der Waals surface area contributed by atoms with Crippen LogP contribution in [0.15, 0.2) is 33.6 Å². The van der Waals surface area contributed by atoms with Crippen molar-refractivity contribution >= 4 is 0 Å². The number of hydrogen-bond acceptors (Lipinski definition) is 8. The monoisotopic (exact) mass is 438 g/mol. The maximum absolute atomic E-state index is 12.6. The molecule has 0 radical (unpaired) electrons. The molecule has 3 aromatic rings. The molecule has 32 heavy (non-hydrogen) atoms. The van der Waals surface area contributed by atoms with Gasteiger partial charge in [-0.25, -0.2) is 4.79 Å². The average molecular weight is 438 g/mol. The Morgan fingerprint density at radius 1 is 1.19 bits per heavy atom. The van der Waals surface area contributed by atoms with E-state index in [1.807, 2.05) is 13.0 Å². The van der Waals surface area contributed by atoms with Gasteiger partial charge < -0.3 is 18.7 Å². The Bertz CT molecular complexity index is 1150. The molecule has 5 rings (SSSR count). The number of rotatable bonds is 7. The summed E-state index contributed by atoms with van der Waals surface area (Å²) in [6.07, 6.45) is 2.94. The third-order valence-electron chi connectivity index (χ3n) is 5.79. The first kappa shape index (κ1) is 20.8. The SMILES string of the molecule is CCc1nc(CCc2ccc3c(c2)CCn2c-3cc(OCC3COCCO3)nc2=O)no1. The van der Waals surface area contributed by atoms with E-state index in [-0.39, 0.29) is 11.8 Å². The average Bonchev–Trinajstić information content (AvgIpc) is 3.30. The molecule has 4 heterocycles. The summed E-state index contributed by atoms with van der Waals surface area (Å²) in [5, 5.41) is 4.03. The van der Waals surface area contributed by atoms with Crippen molar-refractivity contribution in [3.63, 3.8) is 0 Å². The van der Waals surface area contributed by atoms with E-state index in [2.05, 4.69) is 33.3 Å². The fraction of sp³-hybridized carbons (Fsp3) is 0.478. The van der Waals surface area contributed by atoms with Crippen LogP contribution in [0.2, 0.25) is 0 Å². The molecule has 2 aliphatic heterocycles. The molecule has 0 N–H and O–H groups in total. The van der Waals surface area contributed by atoms with Crippen molar-refractivity contribution < 1.29 is 18.7 Å². The minimum absolute atomic E-state index is 0.146. The van der Waals surface area contributed by atoms with Gasteiger partial charge in [-0.1, -0.05) is 30.3 Å². The van der Waals surface area contributed by atoms with E-state index in [1.165, 1.54) is 11.1 Å². The van der Waals surface area contributed by atoms with Gasteiger partial charge in [0.25, 0.3) is 0 Å². The summed E-state index contributed by atoms with van der Waals surface area (Å²) >= 11 is 0. The van der Waals surface area contributed by atoms with Crippen molar-refractivity contribution in [2.45, 2.75) is 45.3 Å². The Kier molecular flexibility index (Phi) is 6.00. The van der Waals surface area contributed by atoms with Gasteiger partial charge >= 0.3 is 5.69 Å². The standard InChI is InChI=1S/C23H26N4O5/c1-2-21-24-20(26-32-21)6-4-15-3-5-18-16(11-15)7-8-27-19(18)12-22(25-23(27)28)31-14-17-13-29-9-10-30-17/h3,5,11-12,17H,2,4,6-10,13-14H2,1H3. The van der Waals surface area contributed by atoms with E-state index in [9.17, 15) is 4.79 Å². The van der Waals surface area contributed by atoms with Crippen molar-refractivity contribution in [2.75, 3.05) is 26.4 Å². The third-order valence-corrected chi connectivity index (χ3v) is 5.79. The van der Waals surface area contributed by atoms with E-state index in [1.54, 1.807) is 4.57 Å². The third kappa shape index (κ3) is 4.44. The smallest absolute Gasteiger partial charge is 0.351 e. The minimum Gasteiger partial charge on any atom is -0.475 e. The van der Waals surface area contributed by atoms with Crippen molar-refractivity contribution in [1.29, 1.82) is 0 Å². The Morgan fingerprint density at radius 3 is 2.94 bits per heavy atom. The predicted octanol–water partition coefficient (Wildman–Crippen LogP) is 1.99. The summed E-state index contributed by atoms with van der Waals surface area (Å²) in [5.41, 5.74) is 4.00. The number of aryl methyl sites for hydroxylation is 4. The van der Waals surface area contributed by atoms with Gasteiger partial charge in [0, 0.05) is 31.0 Å². The summed E-state index contributed by atoms with van der Waals surface area (Å²) in [4.78, 5) is 21.1. The van der Waals surface area contributed by atoms with Crippen LogP contribution in [-0.4, -0.2) is 52.2 Å². The number of hydrogen-bond donors (Lipinski definition) is 0. The fourth-order valence-electron chi connectivity index (χ4n) is 4.09. The molecule has 0 spiro atoms. The highest BCUT2D eigenvalue weighted by atomic mass is 16.6. The molecule has 0 saturated carbocycles. The molecule has 168 valence electrons. The molecule has 1 aromatic carbocycles. The van der Waals surface area contributed by atoms with Crippen LogP contribution in [0.1, 0.15) is 29.8 Å². The van der Waals surface area contributed by atoms with Gasteiger partial charge in [0.2, 0.25) is 11.8 Å². The van der Waals surface area contributed by atoms with Crippen LogP contribution in [-0.2, 0) is 41.7 Å². The Morgan fingerprint density at radius 2 is 2.12 bits per heavy atom. The second kappa shape index (κ2) is 9.22. The molecule has 1 atom stereocenters. The minimum atomic E-state index is -0.295. The molecule has 9 nitrogen and oxygen atoms in total. The van der Waals surface area contributed by atoms with Crippen LogP contribution in [0.4, 0.5) is 0 Å². The molecular weight excluding hydrogens is 412 g/mol. The molecule has 0 amide bonds. The predicted molar refractivity (Wildman–Crippen MR) is 115 cm³/mol. The van der Waals surface area contributed by atoms with Crippen molar-refractivity contribution in [2.24, 2.45) is 0 Å². The number of benzene rings is 1. The van der Waals surface area contributed by atoms with Crippen LogP contribution < -0.4 is 10.4 Å². The Balaban J connectivity index is 1.32. The summed E-state index contributed by atoms with van der Waals surface area (Å²) in [6, 6.07) is 8.21. The lowest BCUT2D eigenvalue weighted by Crippen LogP contribution is -2.34. The van der Waals surface area contributed by atoms with Gasteiger partial charge in [-0.05, 0) is 24.0 Å². The summed E-state index contributed by atoms with van der Waals surface area (Å²) < 4.78 is 23.7. The summed E-state index contributed by atoms with van der Waals surface area (Å²) in [5.74, 6) is 1.72. The van der Waals surface area contributed by atoms with E-state index in [0.717, 1.165) is 42.8 Å². The fourth-order valence-corrected chi connectivity index (χ4v) is 4.09. The van der Waals surface area contributed by atoms with E-state index in [4.69, 9.17) is 18.7 Å². The quantitative estimate of drug-likeness (QED) is 0.552. The van der Waals surface area contributed by atoms with Gasteiger partial charge in [0.15, 0.2) is 5.82 Å². The molecule has 1 saturated heterocycles. The zero-order valence-electron chi connectivity index (χ0n) is 18.1. The second-order valence-electron chi connectivity index (χ2n) is 7.99. The van der Waals surface area contributed by atoms with Crippen LogP contribution in [0.5, 0.6) is 5.88 Å². The molecule has 1 fully saturated rings. The van der Waals surface area contributed by atoms with E-state index in [0.29, 0.717) is 44.7 Å². The van der Waals surface area contributed by atoms with Gasteiger partial charge in [-0.2, -0.15) is 9.97 Å². The van der Waals surface area contributed by atoms with Crippen LogP contribution in [0.3, 0.4) is 0 Å². The molecular formula is C23H26N4O5. The van der Waals surface area contributed by atoms with Crippen molar-refractivity contribution in [3.8, 4) is 17.1 Å². The Hall–Kier alpha value is -3.04. The number of fused-ring (bicyclic) bond motifs is 3. The lowest BCUT2D eigenvalue weighted by Gasteiger charge is -2.24. The molecule has 1 unspecified atom stereocenters. The topological polar surface area (TPSA) is 102 Å². The lowest BCUT2D eigenvalue weighted by molar-refractivity contribution is -0.102. The van der Waals surface area contributed by atoms with Crippen molar-refractivity contribution in [1.82, 2.24) is 19.7 Å². The van der Waals surface area contributed by atoms with Crippen LogP contribution in [0, 0.1) is 0 Å². The van der Waals surface area contributed by atoms with Gasteiger partial charge in [0.1, 0.15) is 12.7 Å². The maximum atomic E-state index is 12.6. The number of ether oxygens (including phenoxy) is 3. The summed E-state index contributed by atoms with van der Waals surface area (Å²) in [7, 11) is 0. The highest BCUT2D eigenvalue weighted by Gasteiger charge is 2.21. The largest absolute Gasteiger partial charge is 0.475 e. The summed E-state index contributed by atoms with van der Waals surface area (Å²) in [6.45, 7) is 4.53. The molecule has 0 aliphatic carbocycles. The highest BCUT2D eigenvalue weighted by Crippen LogP contribution is 2.30. The van der Waals surface area contributed by atoms with Gasteiger partial charge in [-0.3, -0.25) is 4.57 Å². The zero-order valence-corrected chi connectivity index (χ0v) is 18.1. The van der Waals surface area contributed by atoms with Crippen LogP contribution >= 0.6 is 0 Å². The first-order valence-electron chi connectivity index (χ1n) is 11.1. The zero-order chi connectivity index (χ0) is 21.9. The first-order chi connectivity index (χ1) is 15.7. The van der Waals surface area contributed by atoms with E-state index >= 15 is 0 Å². The number of nitrogens with zero attached hydrogens (tertiary/aromatic N) is 4. The maximum Gasteiger partial charge on any atom is 0.351 e. The molecule has 2 aromatic heterocycles. The Labute approximate surface area is 185 Å². The van der Waals surface area contributed by atoms with Crippen molar-refractivity contribution in [3.05, 3.63) is 57.6 Å². The number of aromatic nitrogens is 4. The van der Waals surface area contributed by atoms with Crippen LogP contribution in [0.25, 0.3) is 11.3 Å². The lowest BCUT2D eigenvalue weighted by atomic mass is 9.94. The molecule has 0 bridgehead atoms.